The first-order chi connectivity index (χ1) is 9.15. The summed E-state index contributed by atoms with van der Waals surface area (Å²) in [6.45, 7) is 0.362. The molecule has 0 bridgehead atoms. The summed E-state index contributed by atoms with van der Waals surface area (Å²) >= 11 is 2.84. The van der Waals surface area contributed by atoms with E-state index in [1.165, 1.54) is 23.1 Å². The second kappa shape index (κ2) is 4.86. The maximum atomic E-state index is 12.1. The lowest BCUT2D eigenvalue weighted by atomic mass is 10.4. The third-order valence-corrected chi connectivity index (χ3v) is 4.88. The van der Waals surface area contributed by atoms with E-state index in [0.717, 1.165) is 5.52 Å². The molecule has 2 aromatic heterocycles. The normalized spacial score (nSPS) is 18.6. The number of carbonyl (C=O) groups excluding carboxylic acids is 1. The molecule has 1 amide bonds. The molecular weight excluding hydrogens is 286 g/mol. The van der Waals surface area contributed by atoms with Gasteiger partial charge in [0.2, 0.25) is 0 Å². The Labute approximate surface area is 116 Å². The van der Waals surface area contributed by atoms with E-state index in [2.05, 4.69) is 10.3 Å². The first-order valence-corrected chi connectivity index (χ1v) is 7.52. The molecule has 1 saturated heterocycles. The van der Waals surface area contributed by atoms with Crippen LogP contribution in [-0.2, 0) is 11.8 Å². The van der Waals surface area contributed by atoms with E-state index in [9.17, 15) is 9.59 Å². The molecule has 0 unspecified atom stereocenters. The Bertz CT molecular complexity index is 694. The average molecular weight is 297 g/mol. The number of amides is 1. The van der Waals surface area contributed by atoms with Crippen molar-refractivity contribution in [2.24, 2.45) is 7.05 Å². The number of thioether (sulfide) groups is 1. The van der Waals surface area contributed by atoms with Crippen LogP contribution in [0.5, 0.6) is 0 Å². The summed E-state index contributed by atoms with van der Waals surface area (Å²) in [6.07, 6.45) is -0.388. The van der Waals surface area contributed by atoms with Gasteiger partial charge in [-0.25, -0.2) is 9.78 Å². The molecule has 0 aliphatic carbocycles. The predicted molar refractivity (Wildman–Crippen MR) is 73.9 cm³/mol. The summed E-state index contributed by atoms with van der Waals surface area (Å²) in [5.41, 5.74) is 0.691. The molecule has 1 fully saturated rings. The number of rotatable bonds is 3. The van der Waals surface area contributed by atoms with Gasteiger partial charge in [0.05, 0.1) is 11.6 Å². The number of fused-ring (bicyclic) bond motifs is 1. The van der Waals surface area contributed by atoms with Crippen LogP contribution in [0.2, 0.25) is 0 Å². The van der Waals surface area contributed by atoms with Crippen LogP contribution in [0.25, 0.3) is 10.2 Å². The minimum absolute atomic E-state index is 0.0331. The number of hydrogen-bond donors (Lipinski definition) is 1. The van der Waals surface area contributed by atoms with E-state index in [4.69, 9.17) is 4.74 Å². The Balaban J connectivity index is 1.82. The van der Waals surface area contributed by atoms with Crippen molar-refractivity contribution in [2.75, 3.05) is 12.4 Å². The van der Waals surface area contributed by atoms with Gasteiger partial charge in [0.25, 0.3) is 5.56 Å². The van der Waals surface area contributed by atoms with Crippen molar-refractivity contribution in [3.05, 3.63) is 21.8 Å². The van der Waals surface area contributed by atoms with Crippen LogP contribution >= 0.6 is 23.1 Å². The van der Waals surface area contributed by atoms with E-state index < -0.39 is 0 Å². The number of alkyl carbamates (subject to hydrolysis) is 1. The van der Waals surface area contributed by atoms with Crippen molar-refractivity contribution in [1.29, 1.82) is 0 Å². The van der Waals surface area contributed by atoms with Crippen LogP contribution in [0.1, 0.15) is 0 Å². The summed E-state index contributed by atoms with van der Waals surface area (Å²) in [5.74, 6) is 0.627. The summed E-state index contributed by atoms with van der Waals surface area (Å²) in [4.78, 5) is 27.5. The molecule has 0 saturated carbocycles. The topological polar surface area (TPSA) is 73.2 Å². The molecule has 8 heteroatoms. The molecule has 6 nitrogen and oxygen atoms in total. The van der Waals surface area contributed by atoms with Crippen molar-refractivity contribution in [3.63, 3.8) is 0 Å². The Morgan fingerprint density at radius 2 is 2.47 bits per heavy atom. The van der Waals surface area contributed by atoms with Gasteiger partial charge in [-0.2, -0.15) is 0 Å². The maximum absolute atomic E-state index is 12.1. The standard InChI is InChI=1S/C11H11N3O3S2/c1-14-9(15)8-7(2-3-18-8)13-10(14)19-5-6-4-17-11(16)12-6/h2-3,6H,4-5H2,1H3,(H,12,16)/t6-/m1/s1. The van der Waals surface area contributed by atoms with Gasteiger partial charge in [-0.1, -0.05) is 11.8 Å². The Morgan fingerprint density at radius 3 is 3.21 bits per heavy atom. The van der Waals surface area contributed by atoms with Gasteiger partial charge < -0.3 is 10.1 Å². The van der Waals surface area contributed by atoms with E-state index in [1.54, 1.807) is 11.6 Å². The van der Waals surface area contributed by atoms with Crippen LogP contribution in [0.4, 0.5) is 4.79 Å². The van der Waals surface area contributed by atoms with Crippen molar-refractivity contribution in [3.8, 4) is 0 Å². The number of carbonyl (C=O) groups is 1. The predicted octanol–water partition coefficient (Wildman–Crippen LogP) is 1.20. The zero-order chi connectivity index (χ0) is 13.4. The first-order valence-electron chi connectivity index (χ1n) is 5.65. The molecule has 0 spiro atoms. The largest absolute Gasteiger partial charge is 0.447 e. The highest BCUT2D eigenvalue weighted by molar-refractivity contribution is 7.99. The van der Waals surface area contributed by atoms with Gasteiger partial charge >= 0.3 is 6.09 Å². The number of nitrogens with one attached hydrogen (secondary N) is 1. The maximum Gasteiger partial charge on any atom is 0.407 e. The smallest absolute Gasteiger partial charge is 0.407 e. The molecular formula is C11H11N3O3S2. The molecule has 0 aromatic carbocycles. The monoisotopic (exact) mass is 297 g/mol. The van der Waals surface area contributed by atoms with Crippen LogP contribution in [0.15, 0.2) is 21.4 Å². The fourth-order valence-electron chi connectivity index (χ4n) is 1.79. The lowest BCUT2D eigenvalue weighted by Gasteiger charge is -2.09. The Hall–Kier alpha value is -1.54. The minimum Gasteiger partial charge on any atom is -0.447 e. The molecule has 1 atom stereocenters. The number of ether oxygens (including phenoxy) is 1. The minimum atomic E-state index is -0.388. The van der Waals surface area contributed by atoms with Gasteiger partial charge in [-0.3, -0.25) is 9.36 Å². The summed E-state index contributed by atoms with van der Waals surface area (Å²) < 4.78 is 7.03. The van der Waals surface area contributed by atoms with E-state index in [1.807, 2.05) is 11.4 Å². The number of thiophene rings is 1. The van der Waals surface area contributed by atoms with Gasteiger partial charge in [0, 0.05) is 12.8 Å². The van der Waals surface area contributed by atoms with Gasteiger partial charge in [0.15, 0.2) is 5.16 Å². The molecule has 1 aliphatic rings. The van der Waals surface area contributed by atoms with Crippen LogP contribution in [-0.4, -0.2) is 34.0 Å². The Kier molecular flexibility index (Phi) is 3.19. The van der Waals surface area contributed by atoms with Crippen LogP contribution < -0.4 is 10.9 Å². The molecule has 19 heavy (non-hydrogen) atoms. The van der Waals surface area contributed by atoms with Crippen LogP contribution in [0, 0.1) is 0 Å². The number of cyclic esters (lactones) is 1. The zero-order valence-electron chi connectivity index (χ0n) is 10.1. The second-order valence-electron chi connectivity index (χ2n) is 4.14. The lowest BCUT2D eigenvalue weighted by molar-refractivity contribution is 0.177. The number of aromatic nitrogens is 2. The van der Waals surface area contributed by atoms with Crippen molar-refractivity contribution in [2.45, 2.75) is 11.2 Å². The third kappa shape index (κ3) is 2.33. The fraction of sp³-hybridized carbons (Fsp3) is 0.364. The van der Waals surface area contributed by atoms with E-state index in [0.29, 0.717) is 22.2 Å². The third-order valence-electron chi connectivity index (χ3n) is 2.80. The number of hydrogen-bond acceptors (Lipinski definition) is 6. The van der Waals surface area contributed by atoms with Crippen LogP contribution in [0.3, 0.4) is 0 Å². The second-order valence-corrected chi connectivity index (χ2v) is 6.05. The molecule has 0 radical (unpaired) electrons. The zero-order valence-corrected chi connectivity index (χ0v) is 11.7. The molecule has 3 heterocycles. The summed E-state index contributed by atoms with van der Waals surface area (Å²) in [5, 5.41) is 5.20. The van der Waals surface area contributed by atoms with Gasteiger partial charge in [0.1, 0.15) is 11.3 Å². The first kappa shape index (κ1) is 12.5. The Morgan fingerprint density at radius 1 is 1.63 bits per heavy atom. The highest BCUT2D eigenvalue weighted by atomic mass is 32.2. The molecule has 100 valence electrons. The summed E-state index contributed by atoms with van der Waals surface area (Å²) in [7, 11) is 1.71. The molecule has 2 aromatic rings. The molecule has 1 N–H and O–H groups in total. The van der Waals surface area contributed by atoms with Crippen molar-refractivity contribution in [1.82, 2.24) is 14.9 Å². The average Bonchev–Trinajstić information content (AvgIpc) is 3.01. The fourth-order valence-corrected chi connectivity index (χ4v) is 3.56. The quantitative estimate of drug-likeness (QED) is 0.680. The highest BCUT2D eigenvalue weighted by Gasteiger charge is 2.22. The number of nitrogens with zero attached hydrogens (tertiary/aromatic N) is 2. The van der Waals surface area contributed by atoms with Crippen molar-refractivity contribution >= 4 is 39.4 Å². The van der Waals surface area contributed by atoms with E-state index in [-0.39, 0.29) is 17.7 Å². The molecule has 1 aliphatic heterocycles. The summed E-state index contributed by atoms with van der Waals surface area (Å²) in [6, 6.07) is 1.80. The van der Waals surface area contributed by atoms with Gasteiger partial charge in [-0.05, 0) is 11.4 Å². The SMILES string of the molecule is Cn1c(SC[C@H]2COC(=O)N2)nc2ccsc2c1=O. The lowest BCUT2D eigenvalue weighted by Crippen LogP contribution is -2.29. The van der Waals surface area contributed by atoms with E-state index >= 15 is 0 Å². The molecule has 3 rings (SSSR count). The van der Waals surface area contributed by atoms with Crippen molar-refractivity contribution < 1.29 is 9.53 Å². The highest BCUT2D eigenvalue weighted by Crippen LogP contribution is 2.21. The van der Waals surface area contributed by atoms with Gasteiger partial charge in [-0.15, -0.1) is 11.3 Å².